The molecule has 13 heteroatoms. The first-order valence-corrected chi connectivity index (χ1v) is 9.55. The van der Waals surface area contributed by atoms with E-state index in [0.717, 1.165) is 16.8 Å². The Morgan fingerprint density at radius 2 is 1.88 bits per heavy atom. The van der Waals surface area contributed by atoms with Gasteiger partial charge in [0, 0.05) is 18.2 Å². The van der Waals surface area contributed by atoms with Gasteiger partial charge in [-0.05, 0) is 31.2 Å². The van der Waals surface area contributed by atoms with Crippen molar-refractivity contribution in [3.05, 3.63) is 80.3 Å². The summed E-state index contributed by atoms with van der Waals surface area (Å²) in [5.41, 5.74) is -0.254. The highest BCUT2D eigenvalue weighted by molar-refractivity contribution is 6.01. The predicted molar refractivity (Wildman–Crippen MR) is 114 cm³/mol. The van der Waals surface area contributed by atoms with Gasteiger partial charge in [0.2, 0.25) is 0 Å². The molecule has 0 aliphatic heterocycles. The molecule has 0 bridgehead atoms. The number of nitrogens with zero attached hydrogens (tertiary/aromatic N) is 3. The summed E-state index contributed by atoms with van der Waals surface area (Å²) in [6.07, 6.45) is -5.21. The van der Waals surface area contributed by atoms with Gasteiger partial charge < -0.3 is 9.47 Å². The quantitative estimate of drug-likeness (QED) is 0.238. The van der Waals surface area contributed by atoms with Crippen LogP contribution in [-0.2, 0) is 16.0 Å². The van der Waals surface area contributed by atoms with Crippen molar-refractivity contribution in [3.63, 3.8) is 0 Å². The lowest BCUT2D eigenvalue weighted by Crippen LogP contribution is -2.20. The van der Waals surface area contributed by atoms with Crippen LogP contribution in [0.1, 0.15) is 18.2 Å². The Kier molecular flexibility index (Phi) is 6.84. The van der Waals surface area contributed by atoms with Gasteiger partial charge in [0.1, 0.15) is 5.75 Å². The van der Waals surface area contributed by atoms with Gasteiger partial charge >= 0.3 is 12.3 Å². The highest BCUT2D eigenvalue weighted by atomic mass is 19.4. The monoisotopic (exact) mass is 478 g/mol. The summed E-state index contributed by atoms with van der Waals surface area (Å²) in [4.78, 5) is 39.5. The zero-order valence-electron chi connectivity index (χ0n) is 17.8. The van der Waals surface area contributed by atoms with Crippen LogP contribution in [0.15, 0.2) is 58.3 Å². The standard InChI is InChI=1S/C21H17F3N4O6/c1-12(25-13-4-3-5-16(10-13)34-21(22,23)24)19-17(11-18(29)33-2)26-27(20(19)30)14-6-8-15(9-7-14)28(31)32/h3-10,26H,11H2,1-2H3. The fraction of sp³-hybridized carbons (Fsp3) is 0.190. The lowest BCUT2D eigenvalue weighted by atomic mass is 10.1. The molecule has 178 valence electrons. The molecule has 10 nitrogen and oxygen atoms in total. The summed E-state index contributed by atoms with van der Waals surface area (Å²) in [7, 11) is 1.17. The topological polar surface area (TPSA) is 129 Å². The second kappa shape index (κ2) is 9.60. The number of hydrogen-bond donors (Lipinski definition) is 1. The van der Waals surface area contributed by atoms with E-state index in [-0.39, 0.29) is 40.5 Å². The average molecular weight is 478 g/mol. The number of halogens is 3. The average Bonchev–Trinajstić information content (AvgIpc) is 3.08. The number of carbonyl (C=O) groups is 1. The van der Waals surface area contributed by atoms with E-state index in [0.29, 0.717) is 0 Å². The van der Waals surface area contributed by atoms with Crippen molar-refractivity contribution in [2.45, 2.75) is 19.7 Å². The normalized spacial score (nSPS) is 11.9. The Hall–Kier alpha value is -4.42. The number of aliphatic imine (C=N–C) groups is 1. The Morgan fingerprint density at radius 1 is 1.21 bits per heavy atom. The van der Waals surface area contributed by atoms with Gasteiger partial charge in [0.25, 0.3) is 11.2 Å². The summed E-state index contributed by atoms with van der Waals surface area (Å²) in [5, 5.41) is 13.7. The molecule has 2 aromatic carbocycles. The number of aromatic amines is 1. The number of benzene rings is 2. The summed E-state index contributed by atoms with van der Waals surface area (Å²) < 4.78 is 47.1. The number of non-ortho nitro benzene ring substituents is 1. The number of methoxy groups -OCH3 is 1. The molecule has 0 saturated carbocycles. The van der Waals surface area contributed by atoms with Crippen molar-refractivity contribution >= 4 is 23.1 Å². The molecule has 3 aromatic rings. The highest BCUT2D eigenvalue weighted by Crippen LogP contribution is 2.27. The van der Waals surface area contributed by atoms with Crippen molar-refractivity contribution in [1.82, 2.24) is 9.78 Å². The van der Waals surface area contributed by atoms with Crippen LogP contribution in [0.4, 0.5) is 24.5 Å². The van der Waals surface area contributed by atoms with Gasteiger partial charge in [-0.3, -0.25) is 29.8 Å². The predicted octanol–water partition coefficient (Wildman–Crippen LogP) is 3.83. The van der Waals surface area contributed by atoms with E-state index in [1.807, 2.05) is 0 Å². The molecule has 0 aliphatic carbocycles. The Labute approximate surface area is 189 Å². The summed E-state index contributed by atoms with van der Waals surface area (Å²) in [6, 6.07) is 9.94. The van der Waals surface area contributed by atoms with Crippen LogP contribution < -0.4 is 10.3 Å². The molecule has 1 aromatic heterocycles. The van der Waals surface area contributed by atoms with Crippen LogP contribution in [0, 0.1) is 10.1 Å². The molecule has 0 amide bonds. The fourth-order valence-corrected chi connectivity index (χ4v) is 3.11. The van der Waals surface area contributed by atoms with Gasteiger partial charge in [-0.2, -0.15) is 0 Å². The summed E-state index contributed by atoms with van der Waals surface area (Å²) >= 11 is 0. The number of hydrogen-bond acceptors (Lipinski definition) is 7. The molecule has 1 heterocycles. The molecule has 0 fully saturated rings. The molecule has 0 saturated heterocycles. The number of carbonyl (C=O) groups excluding carboxylic acids is 1. The number of nitro groups is 1. The number of rotatable bonds is 7. The van der Waals surface area contributed by atoms with E-state index < -0.39 is 28.6 Å². The molecule has 0 unspecified atom stereocenters. The molecule has 34 heavy (non-hydrogen) atoms. The Bertz CT molecular complexity index is 1310. The SMILES string of the molecule is COC(=O)Cc1[nH]n(-c2ccc([N+](=O)[O-])cc2)c(=O)c1C(C)=Nc1cccc(OC(F)(F)F)c1. The number of esters is 1. The van der Waals surface area contributed by atoms with Crippen molar-refractivity contribution in [3.8, 4) is 11.4 Å². The van der Waals surface area contributed by atoms with Crippen LogP contribution in [0.25, 0.3) is 5.69 Å². The van der Waals surface area contributed by atoms with Gasteiger partial charge in [-0.15, -0.1) is 13.2 Å². The number of H-pyrrole nitrogens is 1. The zero-order valence-corrected chi connectivity index (χ0v) is 17.8. The van der Waals surface area contributed by atoms with Gasteiger partial charge in [0.15, 0.2) is 0 Å². The zero-order chi connectivity index (χ0) is 25.0. The lowest BCUT2D eigenvalue weighted by Gasteiger charge is -2.09. The van der Waals surface area contributed by atoms with Crippen molar-refractivity contribution in [2.75, 3.05) is 7.11 Å². The largest absolute Gasteiger partial charge is 0.573 e. The summed E-state index contributed by atoms with van der Waals surface area (Å²) in [6.45, 7) is 1.45. The van der Waals surface area contributed by atoms with Crippen molar-refractivity contribution in [1.29, 1.82) is 0 Å². The maximum atomic E-state index is 13.2. The number of nitro benzene ring substituents is 1. The van der Waals surface area contributed by atoms with E-state index in [2.05, 4.69) is 19.6 Å². The number of aromatic nitrogens is 2. The number of ether oxygens (including phenoxy) is 2. The molecular weight excluding hydrogens is 461 g/mol. The first-order chi connectivity index (χ1) is 16.0. The third-order valence-corrected chi connectivity index (χ3v) is 4.54. The van der Waals surface area contributed by atoms with Crippen molar-refractivity contribution in [2.24, 2.45) is 4.99 Å². The minimum Gasteiger partial charge on any atom is -0.469 e. The van der Waals surface area contributed by atoms with E-state index in [9.17, 15) is 32.9 Å². The molecule has 0 spiro atoms. The van der Waals surface area contributed by atoms with Gasteiger partial charge in [-0.25, -0.2) is 4.68 Å². The number of alkyl halides is 3. The van der Waals surface area contributed by atoms with Crippen LogP contribution >= 0.6 is 0 Å². The molecule has 0 atom stereocenters. The maximum absolute atomic E-state index is 13.2. The first kappa shape index (κ1) is 24.2. The van der Waals surface area contributed by atoms with Gasteiger partial charge in [-0.1, -0.05) is 6.07 Å². The fourth-order valence-electron chi connectivity index (χ4n) is 3.11. The second-order valence-corrected chi connectivity index (χ2v) is 6.87. The van der Waals surface area contributed by atoms with Gasteiger partial charge in [0.05, 0.1) is 46.8 Å². The molecule has 3 rings (SSSR count). The molecular formula is C21H17F3N4O6. The van der Waals surface area contributed by atoms with E-state index in [4.69, 9.17) is 0 Å². The second-order valence-electron chi connectivity index (χ2n) is 6.87. The van der Waals surface area contributed by atoms with Crippen LogP contribution in [-0.4, -0.2) is 39.9 Å². The lowest BCUT2D eigenvalue weighted by molar-refractivity contribution is -0.384. The highest BCUT2D eigenvalue weighted by Gasteiger charge is 2.31. The molecule has 0 aliphatic rings. The molecule has 1 N–H and O–H groups in total. The van der Waals surface area contributed by atoms with E-state index in [1.54, 1.807) is 0 Å². The first-order valence-electron chi connectivity index (χ1n) is 9.55. The maximum Gasteiger partial charge on any atom is 0.573 e. The molecule has 0 radical (unpaired) electrons. The third-order valence-electron chi connectivity index (χ3n) is 4.54. The third kappa shape index (κ3) is 5.68. The van der Waals surface area contributed by atoms with Crippen LogP contribution in [0.2, 0.25) is 0 Å². The smallest absolute Gasteiger partial charge is 0.469 e. The van der Waals surface area contributed by atoms with E-state index in [1.165, 1.54) is 50.4 Å². The minimum atomic E-state index is -4.88. The van der Waals surface area contributed by atoms with Crippen LogP contribution in [0.3, 0.4) is 0 Å². The van der Waals surface area contributed by atoms with Crippen molar-refractivity contribution < 1.29 is 32.4 Å². The van der Waals surface area contributed by atoms with Crippen LogP contribution in [0.5, 0.6) is 5.75 Å². The summed E-state index contributed by atoms with van der Waals surface area (Å²) in [5.74, 6) is -1.15. The Balaban J connectivity index is 2.07. The minimum absolute atomic E-state index is 0.00843. The van der Waals surface area contributed by atoms with E-state index >= 15 is 0 Å². The Morgan fingerprint density at radius 3 is 2.47 bits per heavy atom. The number of nitrogens with one attached hydrogen (secondary N) is 1.